The molecule has 0 saturated heterocycles. The Kier molecular flexibility index (Phi) is 7.01. The molecule has 1 rings (SSSR count). The number of ketones is 1. The van der Waals surface area contributed by atoms with E-state index in [2.05, 4.69) is 6.92 Å². The molecule has 0 bridgehead atoms. The molecule has 0 aliphatic carbocycles. The van der Waals surface area contributed by atoms with Gasteiger partial charge in [-0.15, -0.1) is 0 Å². The van der Waals surface area contributed by atoms with Gasteiger partial charge in [-0.1, -0.05) is 31.9 Å². The van der Waals surface area contributed by atoms with Gasteiger partial charge in [-0.2, -0.15) is 0 Å². The van der Waals surface area contributed by atoms with Gasteiger partial charge in [0.15, 0.2) is 11.5 Å². The average molecular weight is 292 g/mol. The van der Waals surface area contributed by atoms with Crippen molar-refractivity contribution in [1.82, 2.24) is 0 Å². The van der Waals surface area contributed by atoms with Gasteiger partial charge in [0.1, 0.15) is 0 Å². The molecule has 0 saturated carbocycles. The number of hydrogen-bond donors (Lipinski definition) is 1. The summed E-state index contributed by atoms with van der Waals surface area (Å²) in [5.41, 5.74) is 0.677. The Hall–Kier alpha value is -2.30. The molecular formula is C16H20O5. The molecule has 0 aliphatic heterocycles. The largest absolute Gasteiger partial charge is 0.493 e. The summed E-state index contributed by atoms with van der Waals surface area (Å²) in [4.78, 5) is 21.5. The maximum absolute atomic E-state index is 11.0. The maximum atomic E-state index is 11.0. The summed E-state index contributed by atoms with van der Waals surface area (Å²) in [6.45, 7) is 2.71. The van der Waals surface area contributed by atoms with E-state index in [-0.39, 0.29) is 0 Å². The van der Waals surface area contributed by atoms with Crippen LogP contribution in [0.25, 0.3) is 6.08 Å². The molecule has 1 N–H and O–H groups in total. The predicted octanol–water partition coefficient (Wildman–Crippen LogP) is 2.93. The number of aliphatic carboxylic acids is 1. The lowest BCUT2D eigenvalue weighted by Gasteiger charge is -2.11. The lowest BCUT2D eigenvalue weighted by Crippen LogP contribution is -2.08. The quantitative estimate of drug-likeness (QED) is 0.430. The van der Waals surface area contributed by atoms with Gasteiger partial charge >= 0.3 is 5.97 Å². The molecule has 114 valence electrons. The first-order valence-corrected chi connectivity index (χ1v) is 6.84. The first-order valence-electron chi connectivity index (χ1n) is 6.84. The summed E-state index contributed by atoms with van der Waals surface area (Å²) in [6, 6.07) is 5.17. The summed E-state index contributed by atoms with van der Waals surface area (Å²) in [7, 11) is 1.55. The summed E-state index contributed by atoms with van der Waals surface area (Å²) in [5, 5.41) is 8.52. The van der Waals surface area contributed by atoms with Crippen LogP contribution in [0.5, 0.6) is 11.5 Å². The Bertz CT molecular complexity index is 519. The second-order valence-corrected chi connectivity index (χ2v) is 4.47. The summed E-state index contributed by atoms with van der Waals surface area (Å²) < 4.78 is 10.9. The van der Waals surface area contributed by atoms with Gasteiger partial charge in [-0.25, -0.2) is 4.79 Å². The molecular weight excluding hydrogens is 272 g/mol. The molecule has 5 nitrogen and oxygen atoms in total. The van der Waals surface area contributed by atoms with Gasteiger partial charge in [-0.3, -0.25) is 4.79 Å². The van der Waals surface area contributed by atoms with E-state index in [0.717, 1.165) is 25.3 Å². The molecule has 5 heteroatoms. The fraction of sp³-hybridized carbons (Fsp3) is 0.375. The van der Waals surface area contributed by atoms with Crippen molar-refractivity contribution in [3.05, 3.63) is 29.8 Å². The molecule has 0 heterocycles. The first kappa shape index (κ1) is 16.8. The van der Waals surface area contributed by atoms with E-state index in [1.54, 1.807) is 25.3 Å². The van der Waals surface area contributed by atoms with Gasteiger partial charge in [0.2, 0.25) is 0 Å². The zero-order valence-electron chi connectivity index (χ0n) is 12.3. The third-order valence-corrected chi connectivity index (χ3v) is 2.83. The van der Waals surface area contributed by atoms with Crippen molar-refractivity contribution in [2.24, 2.45) is 0 Å². The topological polar surface area (TPSA) is 72.8 Å². The van der Waals surface area contributed by atoms with Crippen molar-refractivity contribution in [1.29, 1.82) is 0 Å². The fourth-order valence-electron chi connectivity index (χ4n) is 1.69. The number of ether oxygens (including phenoxy) is 2. The number of carbonyl (C=O) groups is 2. The standard InChI is InChI=1S/C16H20O5/c1-3-4-5-10-21-15-11-12(7-9-14(15)20-2)6-8-13(17)16(18)19/h6-9,11H,3-5,10H2,1-2H3,(H,18,19)/b8-6+. The fourth-order valence-corrected chi connectivity index (χ4v) is 1.69. The second-order valence-electron chi connectivity index (χ2n) is 4.47. The van der Waals surface area contributed by atoms with Crippen LogP contribution in [0.1, 0.15) is 31.7 Å². The van der Waals surface area contributed by atoms with Crippen LogP contribution in [0.3, 0.4) is 0 Å². The highest BCUT2D eigenvalue weighted by Crippen LogP contribution is 2.28. The van der Waals surface area contributed by atoms with E-state index in [0.29, 0.717) is 23.7 Å². The van der Waals surface area contributed by atoms with Crippen molar-refractivity contribution >= 4 is 17.8 Å². The molecule has 0 aromatic heterocycles. The van der Waals surface area contributed by atoms with Gasteiger partial charge in [0.05, 0.1) is 13.7 Å². The number of carboxylic acids is 1. The Morgan fingerprint density at radius 3 is 2.62 bits per heavy atom. The van der Waals surface area contributed by atoms with Crippen LogP contribution >= 0.6 is 0 Å². The van der Waals surface area contributed by atoms with Crippen LogP contribution in [0.15, 0.2) is 24.3 Å². The van der Waals surface area contributed by atoms with Crippen molar-refractivity contribution in [2.75, 3.05) is 13.7 Å². The molecule has 0 amide bonds. The van der Waals surface area contributed by atoms with Crippen LogP contribution in [0, 0.1) is 0 Å². The minimum atomic E-state index is -1.48. The number of methoxy groups -OCH3 is 1. The van der Waals surface area contributed by atoms with E-state index in [9.17, 15) is 9.59 Å². The minimum absolute atomic E-state index is 0.582. The minimum Gasteiger partial charge on any atom is -0.493 e. The van der Waals surface area contributed by atoms with Crippen molar-refractivity contribution in [3.63, 3.8) is 0 Å². The maximum Gasteiger partial charge on any atom is 0.376 e. The first-order chi connectivity index (χ1) is 10.1. The Labute approximate surface area is 124 Å². The number of rotatable bonds is 9. The van der Waals surface area contributed by atoms with Crippen molar-refractivity contribution < 1.29 is 24.2 Å². The van der Waals surface area contributed by atoms with E-state index < -0.39 is 11.8 Å². The number of benzene rings is 1. The normalized spacial score (nSPS) is 10.6. The van der Waals surface area contributed by atoms with Gasteiger partial charge < -0.3 is 14.6 Å². The Balaban J connectivity index is 2.79. The highest BCUT2D eigenvalue weighted by atomic mass is 16.5. The average Bonchev–Trinajstić information content (AvgIpc) is 2.49. The van der Waals surface area contributed by atoms with Crippen molar-refractivity contribution in [2.45, 2.75) is 26.2 Å². The van der Waals surface area contributed by atoms with Gasteiger partial charge in [-0.05, 0) is 30.2 Å². The molecule has 0 fully saturated rings. The highest BCUT2D eigenvalue weighted by Gasteiger charge is 2.07. The molecule has 0 aliphatic rings. The van der Waals surface area contributed by atoms with E-state index in [1.165, 1.54) is 6.08 Å². The van der Waals surface area contributed by atoms with Crippen LogP contribution < -0.4 is 9.47 Å². The van der Waals surface area contributed by atoms with E-state index in [4.69, 9.17) is 14.6 Å². The SMILES string of the molecule is CCCCCOc1cc(/C=C/C(=O)C(=O)O)ccc1OC. The molecule has 0 radical (unpaired) electrons. The zero-order valence-corrected chi connectivity index (χ0v) is 12.3. The highest BCUT2D eigenvalue weighted by molar-refractivity contribution is 6.38. The lowest BCUT2D eigenvalue weighted by atomic mass is 10.1. The Morgan fingerprint density at radius 1 is 1.24 bits per heavy atom. The number of carbonyl (C=O) groups excluding carboxylic acids is 1. The number of unbranched alkanes of at least 4 members (excludes halogenated alkanes) is 2. The predicted molar refractivity (Wildman–Crippen MR) is 79.7 cm³/mol. The molecule has 21 heavy (non-hydrogen) atoms. The Morgan fingerprint density at radius 2 is 2.00 bits per heavy atom. The second kappa shape index (κ2) is 8.79. The van der Waals surface area contributed by atoms with Gasteiger partial charge in [0.25, 0.3) is 5.78 Å². The third-order valence-electron chi connectivity index (χ3n) is 2.83. The molecule has 1 aromatic rings. The van der Waals surface area contributed by atoms with E-state index >= 15 is 0 Å². The zero-order chi connectivity index (χ0) is 15.7. The number of hydrogen-bond acceptors (Lipinski definition) is 4. The summed E-state index contributed by atoms with van der Waals surface area (Å²) >= 11 is 0. The summed E-state index contributed by atoms with van der Waals surface area (Å²) in [5.74, 6) is -1.25. The molecule has 0 spiro atoms. The number of carboxylic acid groups (broad SMARTS) is 1. The van der Waals surface area contributed by atoms with Crippen LogP contribution in [0.2, 0.25) is 0 Å². The van der Waals surface area contributed by atoms with E-state index in [1.807, 2.05) is 0 Å². The summed E-state index contributed by atoms with van der Waals surface area (Å²) in [6.07, 6.45) is 5.62. The lowest BCUT2D eigenvalue weighted by molar-refractivity contribution is -0.146. The van der Waals surface area contributed by atoms with Gasteiger partial charge in [0, 0.05) is 0 Å². The van der Waals surface area contributed by atoms with Crippen LogP contribution in [-0.2, 0) is 9.59 Å². The third kappa shape index (κ3) is 5.69. The van der Waals surface area contributed by atoms with Crippen molar-refractivity contribution in [3.8, 4) is 11.5 Å². The molecule has 1 aromatic carbocycles. The smallest absolute Gasteiger partial charge is 0.376 e. The van der Waals surface area contributed by atoms with Crippen LogP contribution in [-0.4, -0.2) is 30.6 Å². The molecule has 0 unspecified atom stereocenters. The molecule has 0 atom stereocenters. The van der Waals surface area contributed by atoms with Crippen LogP contribution in [0.4, 0.5) is 0 Å². The monoisotopic (exact) mass is 292 g/mol.